The van der Waals surface area contributed by atoms with Gasteiger partial charge in [-0.25, -0.2) is 0 Å². The van der Waals surface area contributed by atoms with Gasteiger partial charge < -0.3 is 0 Å². The molecule has 0 amide bonds. The number of alkyl halides is 3. The third-order valence-electron chi connectivity index (χ3n) is 3.20. The van der Waals surface area contributed by atoms with Gasteiger partial charge in [0.2, 0.25) is 0 Å². The van der Waals surface area contributed by atoms with Gasteiger partial charge in [0.05, 0.1) is 11.0 Å². The molecule has 0 N–H and O–H groups in total. The maximum atomic E-state index is 12.5. The molecule has 2 rings (SSSR count). The first-order valence-corrected chi connectivity index (χ1v) is 6.07. The monoisotopic (exact) mass is 299 g/mol. The molecule has 0 aliphatic rings. The molecule has 2 aromatic rings. The highest BCUT2D eigenvalue weighted by Crippen LogP contribution is 2.29. The Labute approximate surface area is 118 Å². The number of aryl methyl sites for hydroxylation is 1. The van der Waals surface area contributed by atoms with E-state index in [-0.39, 0.29) is 5.69 Å². The number of nitro benzene ring substituents is 1. The first-order valence-electron chi connectivity index (χ1n) is 6.07. The van der Waals surface area contributed by atoms with Crippen molar-refractivity contribution < 1.29 is 18.1 Å². The Hall–Kier alpha value is -2.38. The Kier molecular flexibility index (Phi) is 3.71. The second-order valence-corrected chi connectivity index (χ2v) is 4.66. The minimum atomic E-state index is -4.49. The lowest BCUT2D eigenvalue weighted by molar-refractivity contribution is -0.385. The summed E-state index contributed by atoms with van der Waals surface area (Å²) in [5, 5.41) is 14.3. The van der Waals surface area contributed by atoms with Gasteiger partial charge >= 0.3 is 6.18 Å². The van der Waals surface area contributed by atoms with Crippen molar-refractivity contribution in [3.05, 3.63) is 57.4 Å². The molecule has 0 aliphatic heterocycles. The van der Waals surface area contributed by atoms with E-state index in [9.17, 15) is 23.3 Å². The van der Waals surface area contributed by atoms with Gasteiger partial charge in [-0.2, -0.15) is 18.3 Å². The maximum absolute atomic E-state index is 12.5. The summed E-state index contributed by atoms with van der Waals surface area (Å²) in [6.45, 7) is 3.26. The van der Waals surface area contributed by atoms with E-state index < -0.39 is 22.8 Å². The molecule has 1 heterocycles. The van der Waals surface area contributed by atoms with Crippen LogP contribution in [0.15, 0.2) is 30.5 Å². The van der Waals surface area contributed by atoms with Crippen molar-refractivity contribution in [3.63, 3.8) is 0 Å². The van der Waals surface area contributed by atoms with Crippen LogP contribution in [-0.2, 0) is 6.18 Å². The lowest BCUT2D eigenvalue weighted by Crippen LogP contribution is -2.11. The number of benzene rings is 1. The van der Waals surface area contributed by atoms with E-state index in [1.807, 2.05) is 0 Å². The van der Waals surface area contributed by atoms with Crippen LogP contribution in [0.25, 0.3) is 0 Å². The third-order valence-corrected chi connectivity index (χ3v) is 3.20. The van der Waals surface area contributed by atoms with Crippen LogP contribution in [0.2, 0.25) is 0 Å². The molecule has 0 saturated carbocycles. The predicted octanol–water partition coefficient (Wildman–Crippen LogP) is 3.73. The van der Waals surface area contributed by atoms with Crippen LogP contribution in [0, 0.1) is 17.0 Å². The molecule has 0 aliphatic carbocycles. The number of hydrogen-bond acceptors (Lipinski definition) is 3. The molecule has 1 unspecified atom stereocenters. The average Bonchev–Trinajstić information content (AvgIpc) is 2.86. The summed E-state index contributed by atoms with van der Waals surface area (Å²) >= 11 is 0. The van der Waals surface area contributed by atoms with Crippen LogP contribution in [0.5, 0.6) is 0 Å². The molecule has 21 heavy (non-hydrogen) atoms. The minimum absolute atomic E-state index is 0.0256. The molecule has 0 fully saturated rings. The largest absolute Gasteiger partial charge is 0.435 e. The molecule has 5 nitrogen and oxygen atoms in total. The van der Waals surface area contributed by atoms with Crippen molar-refractivity contribution >= 4 is 5.69 Å². The summed E-state index contributed by atoms with van der Waals surface area (Å²) in [4.78, 5) is 10.2. The second kappa shape index (κ2) is 5.19. The molecule has 0 radical (unpaired) electrons. The zero-order chi connectivity index (χ0) is 15.8. The van der Waals surface area contributed by atoms with E-state index >= 15 is 0 Å². The van der Waals surface area contributed by atoms with E-state index in [4.69, 9.17) is 0 Å². The third kappa shape index (κ3) is 3.04. The van der Waals surface area contributed by atoms with Gasteiger partial charge in [-0.05, 0) is 31.5 Å². The quantitative estimate of drug-likeness (QED) is 0.641. The molecule has 0 bridgehead atoms. The van der Waals surface area contributed by atoms with Crippen molar-refractivity contribution in [2.45, 2.75) is 26.1 Å². The van der Waals surface area contributed by atoms with Crippen molar-refractivity contribution in [3.8, 4) is 0 Å². The number of nitrogens with zero attached hydrogens (tertiary/aromatic N) is 3. The van der Waals surface area contributed by atoms with Gasteiger partial charge in [-0.1, -0.05) is 6.07 Å². The fourth-order valence-corrected chi connectivity index (χ4v) is 2.00. The van der Waals surface area contributed by atoms with E-state index in [1.54, 1.807) is 19.9 Å². The summed E-state index contributed by atoms with van der Waals surface area (Å²) in [5.41, 5.74) is 0.109. The Morgan fingerprint density at radius 2 is 2.00 bits per heavy atom. The highest BCUT2D eigenvalue weighted by Gasteiger charge is 2.34. The minimum Gasteiger partial charge on any atom is -0.265 e. The summed E-state index contributed by atoms with van der Waals surface area (Å²) in [7, 11) is 0. The molecule has 1 atom stereocenters. The van der Waals surface area contributed by atoms with Crippen LogP contribution in [0.3, 0.4) is 0 Å². The highest BCUT2D eigenvalue weighted by atomic mass is 19.4. The van der Waals surface area contributed by atoms with Crippen LogP contribution in [0.4, 0.5) is 18.9 Å². The van der Waals surface area contributed by atoms with Crippen LogP contribution >= 0.6 is 0 Å². The number of halogens is 3. The number of aromatic nitrogens is 2. The fourth-order valence-electron chi connectivity index (χ4n) is 2.00. The van der Waals surface area contributed by atoms with Gasteiger partial charge in [-0.15, -0.1) is 0 Å². The smallest absolute Gasteiger partial charge is 0.265 e. The predicted molar refractivity (Wildman–Crippen MR) is 68.9 cm³/mol. The second-order valence-electron chi connectivity index (χ2n) is 4.66. The van der Waals surface area contributed by atoms with Crippen LogP contribution in [0.1, 0.15) is 29.8 Å². The average molecular weight is 299 g/mol. The van der Waals surface area contributed by atoms with E-state index in [1.165, 1.54) is 23.0 Å². The molecule has 1 aromatic carbocycles. The molecule has 0 saturated heterocycles. The van der Waals surface area contributed by atoms with Crippen LogP contribution in [-0.4, -0.2) is 14.7 Å². The topological polar surface area (TPSA) is 61.0 Å². The van der Waals surface area contributed by atoms with Crippen molar-refractivity contribution in [1.82, 2.24) is 9.78 Å². The first-order chi connectivity index (χ1) is 9.70. The van der Waals surface area contributed by atoms with Gasteiger partial charge in [0.1, 0.15) is 0 Å². The highest BCUT2D eigenvalue weighted by molar-refractivity contribution is 5.42. The lowest BCUT2D eigenvalue weighted by atomic mass is 10.0. The Bertz CT molecular complexity index is 680. The summed E-state index contributed by atoms with van der Waals surface area (Å²) in [6, 6.07) is 4.88. The molecule has 8 heteroatoms. The summed E-state index contributed by atoms with van der Waals surface area (Å²) in [6.07, 6.45) is -3.25. The molecular formula is C13H12F3N3O2. The Balaban J connectivity index is 2.32. The molecule has 112 valence electrons. The summed E-state index contributed by atoms with van der Waals surface area (Å²) in [5.74, 6) is 0. The normalized spacial score (nSPS) is 13.2. The van der Waals surface area contributed by atoms with Gasteiger partial charge in [0, 0.05) is 17.8 Å². The SMILES string of the molecule is Cc1cc(C(C)n2ccc(C(F)(F)F)n2)ccc1[N+](=O)[O-]. The number of hydrogen-bond donors (Lipinski definition) is 0. The van der Waals surface area contributed by atoms with Gasteiger partial charge in [-0.3, -0.25) is 14.8 Å². The zero-order valence-corrected chi connectivity index (χ0v) is 11.3. The molecular weight excluding hydrogens is 287 g/mol. The lowest BCUT2D eigenvalue weighted by Gasteiger charge is -2.13. The van der Waals surface area contributed by atoms with E-state index in [0.29, 0.717) is 11.1 Å². The number of rotatable bonds is 3. The zero-order valence-electron chi connectivity index (χ0n) is 11.3. The standard InChI is InChI=1S/C13H12F3N3O2/c1-8-7-10(3-4-11(8)19(20)21)9(2)18-6-5-12(17-18)13(14,15)16/h3-7,9H,1-2H3. The van der Waals surface area contributed by atoms with Crippen LogP contribution < -0.4 is 0 Å². The van der Waals surface area contributed by atoms with Crippen molar-refractivity contribution in [2.24, 2.45) is 0 Å². The molecule has 1 aromatic heterocycles. The first kappa shape index (κ1) is 15.0. The van der Waals surface area contributed by atoms with Gasteiger partial charge in [0.15, 0.2) is 5.69 Å². The number of nitro groups is 1. The van der Waals surface area contributed by atoms with Crippen molar-refractivity contribution in [2.75, 3.05) is 0 Å². The Morgan fingerprint density at radius 1 is 1.33 bits per heavy atom. The summed E-state index contributed by atoms with van der Waals surface area (Å²) < 4.78 is 38.8. The van der Waals surface area contributed by atoms with Gasteiger partial charge in [0.25, 0.3) is 5.69 Å². The fraction of sp³-hybridized carbons (Fsp3) is 0.308. The van der Waals surface area contributed by atoms with E-state index in [2.05, 4.69) is 5.10 Å². The van der Waals surface area contributed by atoms with E-state index in [0.717, 1.165) is 6.07 Å². The Morgan fingerprint density at radius 3 is 2.48 bits per heavy atom. The maximum Gasteiger partial charge on any atom is 0.435 e. The van der Waals surface area contributed by atoms with Crippen molar-refractivity contribution in [1.29, 1.82) is 0 Å². The molecule has 0 spiro atoms.